The molecule has 0 unspecified atom stereocenters. The Morgan fingerprint density at radius 2 is 2.00 bits per heavy atom. The second-order valence-electron chi connectivity index (χ2n) is 3.25. The Hall–Kier alpha value is -0.710. The van der Waals surface area contributed by atoms with E-state index in [9.17, 15) is 13.6 Å². The van der Waals surface area contributed by atoms with E-state index in [0.717, 1.165) is 4.90 Å². The summed E-state index contributed by atoms with van der Waals surface area (Å²) in [6.45, 7) is 0.763. The van der Waals surface area contributed by atoms with Crippen molar-refractivity contribution in [3.63, 3.8) is 0 Å². The average Bonchev–Trinajstić information content (AvgIpc) is 2.17. The van der Waals surface area contributed by atoms with Crippen molar-refractivity contribution in [2.75, 3.05) is 19.7 Å². The summed E-state index contributed by atoms with van der Waals surface area (Å²) < 4.78 is 23.9. The van der Waals surface area contributed by atoms with E-state index in [1.54, 1.807) is 0 Å². The van der Waals surface area contributed by atoms with Gasteiger partial charge in [-0.1, -0.05) is 0 Å². The summed E-state index contributed by atoms with van der Waals surface area (Å²) in [6.07, 6.45) is -1.66. The lowest BCUT2D eigenvalue weighted by molar-refractivity contribution is -0.144. The molecule has 0 aliphatic carbocycles. The number of nitrogens with zero attached hydrogens (tertiary/aromatic N) is 1. The monoisotopic (exact) mass is 193 g/mol. The molecule has 13 heavy (non-hydrogen) atoms. The number of hydrogen-bond acceptors (Lipinski definition) is 2. The van der Waals surface area contributed by atoms with Crippen LogP contribution < -0.4 is 0 Å². The lowest BCUT2D eigenvalue weighted by atomic mass is 9.98. The maximum atomic E-state index is 12.0. The Kier molecular flexibility index (Phi) is 3.59. The normalized spacial score (nSPS) is 19.5. The predicted molar refractivity (Wildman–Crippen MR) is 42.4 cm³/mol. The van der Waals surface area contributed by atoms with Gasteiger partial charge in [-0.05, 0) is 18.8 Å². The predicted octanol–water partition coefficient (Wildman–Crippen LogP) is 0.482. The molecule has 0 radical (unpaired) electrons. The summed E-state index contributed by atoms with van der Waals surface area (Å²) in [6, 6.07) is 0. The number of halogens is 2. The summed E-state index contributed by atoms with van der Waals surface area (Å²) in [5.41, 5.74) is 0. The highest BCUT2D eigenvalue weighted by atomic mass is 19.3. The molecule has 0 aromatic carbocycles. The summed E-state index contributed by atoms with van der Waals surface area (Å²) in [4.78, 5) is 12.0. The van der Waals surface area contributed by atoms with Gasteiger partial charge >= 0.3 is 6.43 Å². The van der Waals surface area contributed by atoms with Crippen LogP contribution in [0.4, 0.5) is 8.78 Å². The van der Waals surface area contributed by atoms with Gasteiger partial charge in [0, 0.05) is 19.7 Å². The van der Waals surface area contributed by atoms with Crippen molar-refractivity contribution in [1.82, 2.24) is 4.90 Å². The third-order valence-corrected chi connectivity index (χ3v) is 2.37. The van der Waals surface area contributed by atoms with Crippen molar-refractivity contribution >= 4 is 5.91 Å². The zero-order valence-electron chi connectivity index (χ0n) is 7.25. The van der Waals surface area contributed by atoms with Gasteiger partial charge in [-0.15, -0.1) is 0 Å². The molecule has 0 aromatic rings. The first-order chi connectivity index (χ1) is 6.15. The molecule has 1 aliphatic rings. The number of alkyl halides is 2. The van der Waals surface area contributed by atoms with E-state index in [4.69, 9.17) is 5.11 Å². The SMILES string of the molecule is O=C(C(F)F)N1CCC(CO)CC1. The van der Waals surface area contributed by atoms with Crippen LogP contribution in [0.25, 0.3) is 0 Å². The van der Waals surface area contributed by atoms with Crippen LogP contribution in [0.2, 0.25) is 0 Å². The maximum absolute atomic E-state index is 12.0. The number of rotatable bonds is 2. The first-order valence-electron chi connectivity index (χ1n) is 4.33. The zero-order chi connectivity index (χ0) is 9.84. The van der Waals surface area contributed by atoms with Crippen molar-refractivity contribution in [2.45, 2.75) is 19.3 Å². The molecular weight excluding hydrogens is 180 g/mol. The average molecular weight is 193 g/mol. The molecule has 1 aliphatic heterocycles. The van der Waals surface area contributed by atoms with Crippen LogP contribution in [0, 0.1) is 5.92 Å². The largest absolute Gasteiger partial charge is 0.396 e. The molecule has 76 valence electrons. The number of likely N-dealkylation sites (tertiary alicyclic amines) is 1. The van der Waals surface area contributed by atoms with E-state index in [0.29, 0.717) is 25.9 Å². The standard InChI is InChI=1S/C8H13F2NO2/c9-7(10)8(13)11-3-1-6(5-12)2-4-11/h6-7,12H,1-5H2. The lowest BCUT2D eigenvalue weighted by Crippen LogP contribution is -2.42. The van der Waals surface area contributed by atoms with Crippen molar-refractivity contribution in [3.05, 3.63) is 0 Å². The smallest absolute Gasteiger partial charge is 0.315 e. The van der Waals surface area contributed by atoms with E-state index >= 15 is 0 Å². The summed E-state index contributed by atoms with van der Waals surface area (Å²) in [5.74, 6) is -0.918. The topological polar surface area (TPSA) is 40.5 Å². The highest BCUT2D eigenvalue weighted by Gasteiger charge is 2.27. The van der Waals surface area contributed by atoms with Gasteiger partial charge in [0.1, 0.15) is 0 Å². The van der Waals surface area contributed by atoms with E-state index in [-0.39, 0.29) is 12.5 Å². The Balaban J connectivity index is 2.36. The highest BCUT2D eigenvalue weighted by Crippen LogP contribution is 2.17. The van der Waals surface area contributed by atoms with Crippen LogP contribution in [0.1, 0.15) is 12.8 Å². The number of piperidine rings is 1. The highest BCUT2D eigenvalue weighted by molar-refractivity contribution is 5.79. The van der Waals surface area contributed by atoms with Gasteiger partial charge in [0.25, 0.3) is 5.91 Å². The zero-order valence-corrected chi connectivity index (χ0v) is 7.25. The molecule has 0 bridgehead atoms. The Morgan fingerprint density at radius 3 is 2.38 bits per heavy atom. The molecule has 1 rings (SSSR count). The van der Waals surface area contributed by atoms with Gasteiger partial charge in [-0.3, -0.25) is 4.79 Å². The summed E-state index contributed by atoms with van der Waals surface area (Å²) >= 11 is 0. The van der Waals surface area contributed by atoms with Crippen molar-refractivity contribution < 1.29 is 18.7 Å². The van der Waals surface area contributed by atoms with Gasteiger partial charge in [0.2, 0.25) is 0 Å². The van der Waals surface area contributed by atoms with Gasteiger partial charge < -0.3 is 10.0 Å². The first-order valence-corrected chi connectivity index (χ1v) is 4.33. The van der Waals surface area contributed by atoms with Gasteiger partial charge in [0.05, 0.1) is 0 Å². The third-order valence-electron chi connectivity index (χ3n) is 2.37. The van der Waals surface area contributed by atoms with Crippen LogP contribution in [-0.4, -0.2) is 42.0 Å². The minimum Gasteiger partial charge on any atom is -0.396 e. The van der Waals surface area contributed by atoms with E-state index in [2.05, 4.69) is 0 Å². The molecule has 1 heterocycles. The third kappa shape index (κ3) is 2.62. The molecule has 1 amide bonds. The second kappa shape index (κ2) is 4.50. The molecule has 0 aromatic heterocycles. The molecule has 0 atom stereocenters. The maximum Gasteiger partial charge on any atom is 0.315 e. The summed E-state index contributed by atoms with van der Waals surface area (Å²) in [5, 5.41) is 8.77. The van der Waals surface area contributed by atoms with E-state index < -0.39 is 12.3 Å². The van der Waals surface area contributed by atoms with Crippen LogP contribution in [-0.2, 0) is 4.79 Å². The number of hydrogen-bond donors (Lipinski definition) is 1. The molecule has 1 N–H and O–H groups in total. The molecule has 3 nitrogen and oxygen atoms in total. The number of aliphatic hydroxyl groups is 1. The fraction of sp³-hybridized carbons (Fsp3) is 0.875. The van der Waals surface area contributed by atoms with Gasteiger partial charge in [0.15, 0.2) is 0 Å². The Morgan fingerprint density at radius 1 is 1.46 bits per heavy atom. The molecule has 1 fully saturated rings. The minimum atomic E-state index is -2.90. The number of aliphatic hydroxyl groups excluding tert-OH is 1. The second-order valence-corrected chi connectivity index (χ2v) is 3.25. The fourth-order valence-corrected chi connectivity index (χ4v) is 1.47. The van der Waals surface area contributed by atoms with E-state index in [1.807, 2.05) is 0 Å². The number of carbonyl (C=O) groups is 1. The molecule has 1 saturated heterocycles. The van der Waals surface area contributed by atoms with Gasteiger partial charge in [-0.25, -0.2) is 0 Å². The molecule has 0 saturated carbocycles. The van der Waals surface area contributed by atoms with Crippen molar-refractivity contribution in [2.24, 2.45) is 5.92 Å². The quantitative estimate of drug-likeness (QED) is 0.693. The number of carbonyl (C=O) groups excluding carboxylic acids is 1. The van der Waals surface area contributed by atoms with E-state index in [1.165, 1.54) is 0 Å². The Labute approximate surface area is 75.3 Å². The first kappa shape index (κ1) is 10.4. The van der Waals surface area contributed by atoms with Crippen LogP contribution in [0.3, 0.4) is 0 Å². The lowest BCUT2D eigenvalue weighted by Gasteiger charge is -2.30. The molecule has 0 spiro atoms. The van der Waals surface area contributed by atoms with Crippen molar-refractivity contribution in [1.29, 1.82) is 0 Å². The minimum absolute atomic E-state index is 0.0801. The molecule has 5 heteroatoms. The summed E-state index contributed by atoms with van der Waals surface area (Å²) in [7, 11) is 0. The van der Waals surface area contributed by atoms with Crippen LogP contribution in [0.5, 0.6) is 0 Å². The Bertz CT molecular complexity index is 179. The van der Waals surface area contributed by atoms with Crippen LogP contribution in [0.15, 0.2) is 0 Å². The van der Waals surface area contributed by atoms with Gasteiger partial charge in [-0.2, -0.15) is 8.78 Å². The molecular formula is C8H13F2NO2. The fourth-order valence-electron chi connectivity index (χ4n) is 1.47. The van der Waals surface area contributed by atoms with Crippen molar-refractivity contribution in [3.8, 4) is 0 Å². The number of amides is 1. The van der Waals surface area contributed by atoms with Crippen LogP contribution >= 0.6 is 0 Å².